The highest BCUT2D eigenvalue weighted by Gasteiger charge is 2.35. The molecule has 90 valence electrons. The SMILES string of the molecule is CN1CCN(C(=O)[C@@H]2Cc3ccccc32)CC1. The topological polar surface area (TPSA) is 23.6 Å². The maximum absolute atomic E-state index is 12.4. The molecule has 17 heavy (non-hydrogen) atoms. The molecule has 0 unspecified atom stereocenters. The zero-order chi connectivity index (χ0) is 11.8. The van der Waals surface area contributed by atoms with Gasteiger partial charge in [0, 0.05) is 26.2 Å². The maximum atomic E-state index is 12.4. The van der Waals surface area contributed by atoms with E-state index in [0.717, 1.165) is 32.6 Å². The van der Waals surface area contributed by atoms with E-state index in [1.807, 2.05) is 11.0 Å². The second kappa shape index (κ2) is 4.15. The number of amides is 1. The summed E-state index contributed by atoms with van der Waals surface area (Å²) in [7, 11) is 2.11. The Morgan fingerprint density at radius 3 is 2.59 bits per heavy atom. The number of likely N-dealkylation sites (N-methyl/N-ethyl adjacent to an activating group) is 1. The number of nitrogens with zero attached hydrogens (tertiary/aromatic N) is 2. The Labute approximate surface area is 102 Å². The molecule has 3 rings (SSSR count). The number of hydrogen-bond acceptors (Lipinski definition) is 2. The van der Waals surface area contributed by atoms with Gasteiger partial charge < -0.3 is 9.80 Å². The Morgan fingerprint density at radius 1 is 1.18 bits per heavy atom. The highest BCUT2D eigenvalue weighted by molar-refractivity contribution is 5.87. The first-order chi connectivity index (χ1) is 8.25. The van der Waals surface area contributed by atoms with Gasteiger partial charge in [0.1, 0.15) is 0 Å². The smallest absolute Gasteiger partial charge is 0.230 e. The molecule has 0 bridgehead atoms. The van der Waals surface area contributed by atoms with E-state index in [-0.39, 0.29) is 5.92 Å². The molecule has 1 aromatic carbocycles. The summed E-state index contributed by atoms with van der Waals surface area (Å²) < 4.78 is 0. The highest BCUT2D eigenvalue weighted by Crippen LogP contribution is 2.36. The van der Waals surface area contributed by atoms with E-state index in [4.69, 9.17) is 0 Å². The third-order valence-corrected chi connectivity index (χ3v) is 3.97. The van der Waals surface area contributed by atoms with Crippen LogP contribution in [-0.2, 0) is 11.2 Å². The van der Waals surface area contributed by atoms with E-state index in [0.29, 0.717) is 5.91 Å². The summed E-state index contributed by atoms with van der Waals surface area (Å²) in [6.45, 7) is 3.77. The van der Waals surface area contributed by atoms with Crippen LogP contribution in [0.1, 0.15) is 17.0 Å². The number of rotatable bonds is 1. The van der Waals surface area contributed by atoms with Gasteiger partial charge in [-0.25, -0.2) is 0 Å². The van der Waals surface area contributed by atoms with Crippen molar-refractivity contribution in [3.05, 3.63) is 35.4 Å². The molecule has 1 aliphatic heterocycles. The lowest BCUT2D eigenvalue weighted by Crippen LogP contribution is -2.49. The molecule has 3 heteroatoms. The molecule has 1 fully saturated rings. The number of benzene rings is 1. The molecule has 1 heterocycles. The summed E-state index contributed by atoms with van der Waals surface area (Å²) in [6.07, 6.45) is 0.932. The van der Waals surface area contributed by atoms with Crippen LogP contribution in [0.5, 0.6) is 0 Å². The Bertz CT molecular complexity index is 436. The van der Waals surface area contributed by atoms with E-state index in [1.165, 1.54) is 11.1 Å². The van der Waals surface area contributed by atoms with Crippen LogP contribution in [0.15, 0.2) is 24.3 Å². The van der Waals surface area contributed by atoms with E-state index in [2.05, 4.69) is 30.1 Å². The van der Waals surface area contributed by atoms with Gasteiger partial charge in [0.05, 0.1) is 5.92 Å². The summed E-state index contributed by atoms with van der Waals surface area (Å²) in [6, 6.07) is 8.30. The first kappa shape index (κ1) is 10.8. The van der Waals surface area contributed by atoms with E-state index in [1.54, 1.807) is 0 Å². The van der Waals surface area contributed by atoms with Gasteiger partial charge in [0.25, 0.3) is 0 Å². The number of fused-ring (bicyclic) bond motifs is 1. The predicted octanol–water partition coefficient (Wildman–Crippen LogP) is 1.10. The molecular formula is C14H18N2O. The molecule has 1 saturated heterocycles. The molecule has 0 radical (unpaired) electrons. The lowest BCUT2D eigenvalue weighted by molar-refractivity contribution is -0.135. The third kappa shape index (κ3) is 1.84. The molecule has 2 aliphatic rings. The van der Waals surface area contributed by atoms with Crippen LogP contribution in [-0.4, -0.2) is 48.9 Å². The summed E-state index contributed by atoms with van der Waals surface area (Å²) in [5.74, 6) is 0.464. The van der Waals surface area contributed by atoms with Crippen LogP contribution in [0.25, 0.3) is 0 Å². The van der Waals surface area contributed by atoms with Crippen LogP contribution in [0, 0.1) is 0 Å². The van der Waals surface area contributed by atoms with Crippen molar-refractivity contribution >= 4 is 5.91 Å². The zero-order valence-electron chi connectivity index (χ0n) is 10.2. The number of piperazine rings is 1. The molecular weight excluding hydrogens is 212 g/mol. The fraction of sp³-hybridized carbons (Fsp3) is 0.500. The number of hydrogen-bond donors (Lipinski definition) is 0. The van der Waals surface area contributed by atoms with Gasteiger partial charge >= 0.3 is 0 Å². The van der Waals surface area contributed by atoms with Gasteiger partial charge in [-0.05, 0) is 24.6 Å². The Hall–Kier alpha value is -1.35. The average Bonchev–Trinajstić information content (AvgIpc) is 2.31. The predicted molar refractivity (Wildman–Crippen MR) is 67.0 cm³/mol. The van der Waals surface area contributed by atoms with E-state index in [9.17, 15) is 4.79 Å². The van der Waals surface area contributed by atoms with Gasteiger partial charge in [0.2, 0.25) is 5.91 Å². The fourth-order valence-electron chi connectivity index (χ4n) is 2.73. The third-order valence-electron chi connectivity index (χ3n) is 3.97. The molecule has 1 amide bonds. The van der Waals surface area contributed by atoms with Gasteiger partial charge in [-0.3, -0.25) is 4.79 Å². The maximum Gasteiger partial charge on any atom is 0.230 e. The Balaban J connectivity index is 1.69. The minimum Gasteiger partial charge on any atom is -0.340 e. The largest absolute Gasteiger partial charge is 0.340 e. The van der Waals surface area contributed by atoms with Gasteiger partial charge in [-0.15, -0.1) is 0 Å². The molecule has 0 aromatic heterocycles. The van der Waals surface area contributed by atoms with Crippen molar-refractivity contribution in [1.29, 1.82) is 0 Å². The second-order valence-corrected chi connectivity index (χ2v) is 5.08. The molecule has 1 aliphatic carbocycles. The summed E-state index contributed by atoms with van der Waals surface area (Å²) in [5.41, 5.74) is 2.59. The van der Waals surface area contributed by atoms with E-state index >= 15 is 0 Å². The summed E-state index contributed by atoms with van der Waals surface area (Å²) >= 11 is 0. The lowest BCUT2D eigenvalue weighted by Gasteiger charge is -2.38. The first-order valence-electron chi connectivity index (χ1n) is 6.31. The van der Waals surface area contributed by atoms with Crippen molar-refractivity contribution in [1.82, 2.24) is 9.80 Å². The monoisotopic (exact) mass is 230 g/mol. The molecule has 1 aromatic rings. The minimum atomic E-state index is 0.134. The summed E-state index contributed by atoms with van der Waals surface area (Å²) in [5, 5.41) is 0. The van der Waals surface area contributed by atoms with Gasteiger partial charge in [-0.1, -0.05) is 24.3 Å². The van der Waals surface area contributed by atoms with Gasteiger partial charge in [0.15, 0.2) is 0 Å². The quantitative estimate of drug-likeness (QED) is 0.721. The van der Waals surface area contributed by atoms with Crippen molar-refractivity contribution in [2.45, 2.75) is 12.3 Å². The van der Waals surface area contributed by atoms with E-state index < -0.39 is 0 Å². The van der Waals surface area contributed by atoms with Crippen molar-refractivity contribution < 1.29 is 4.79 Å². The molecule has 1 atom stereocenters. The average molecular weight is 230 g/mol. The number of carbonyl (C=O) groups excluding carboxylic acids is 1. The minimum absolute atomic E-state index is 0.134. The summed E-state index contributed by atoms with van der Waals surface area (Å²) in [4.78, 5) is 16.7. The van der Waals surface area contributed by atoms with Crippen molar-refractivity contribution in [2.24, 2.45) is 0 Å². The van der Waals surface area contributed by atoms with Crippen LogP contribution in [0.2, 0.25) is 0 Å². The van der Waals surface area contributed by atoms with Crippen molar-refractivity contribution in [2.75, 3.05) is 33.2 Å². The van der Waals surface area contributed by atoms with Crippen molar-refractivity contribution in [3.63, 3.8) is 0 Å². The molecule has 0 N–H and O–H groups in total. The normalized spacial score (nSPS) is 24.1. The highest BCUT2D eigenvalue weighted by atomic mass is 16.2. The molecule has 0 spiro atoms. The van der Waals surface area contributed by atoms with Crippen LogP contribution < -0.4 is 0 Å². The van der Waals surface area contributed by atoms with Crippen LogP contribution >= 0.6 is 0 Å². The Kier molecular flexibility index (Phi) is 2.63. The van der Waals surface area contributed by atoms with Crippen LogP contribution in [0.4, 0.5) is 0 Å². The first-order valence-corrected chi connectivity index (χ1v) is 6.31. The number of carbonyl (C=O) groups is 1. The molecule has 3 nitrogen and oxygen atoms in total. The van der Waals surface area contributed by atoms with Gasteiger partial charge in [-0.2, -0.15) is 0 Å². The zero-order valence-corrected chi connectivity index (χ0v) is 10.2. The van der Waals surface area contributed by atoms with Crippen LogP contribution in [0.3, 0.4) is 0 Å². The second-order valence-electron chi connectivity index (χ2n) is 5.08. The fourth-order valence-corrected chi connectivity index (χ4v) is 2.73. The lowest BCUT2D eigenvalue weighted by atomic mass is 9.77. The van der Waals surface area contributed by atoms with Crippen molar-refractivity contribution in [3.8, 4) is 0 Å². The Morgan fingerprint density at radius 2 is 1.88 bits per heavy atom. The molecule has 0 saturated carbocycles. The standard InChI is InChI=1S/C14H18N2O/c1-15-6-8-16(9-7-15)14(17)13-10-11-4-2-3-5-12(11)13/h2-5,13H,6-10H2,1H3/t13-/m1/s1.